The highest BCUT2D eigenvalue weighted by Crippen LogP contribution is 2.18. The van der Waals surface area contributed by atoms with Gasteiger partial charge in [0.25, 0.3) is 0 Å². The molecule has 2 rings (SSSR count). The molecule has 0 atom stereocenters. The Bertz CT molecular complexity index is 526. The summed E-state index contributed by atoms with van der Waals surface area (Å²) in [6, 6.07) is 6.86. The third-order valence-corrected chi connectivity index (χ3v) is 2.96. The van der Waals surface area contributed by atoms with Gasteiger partial charge in [-0.3, -0.25) is 25.2 Å². The van der Waals surface area contributed by atoms with E-state index in [0.717, 1.165) is 18.4 Å². The lowest BCUT2D eigenvalue weighted by Crippen LogP contribution is -2.49. The van der Waals surface area contributed by atoms with E-state index in [4.69, 9.17) is 11.6 Å². The maximum atomic E-state index is 11.6. The molecule has 0 unspecified atom stereocenters. The average molecular weight is 296 g/mol. The van der Waals surface area contributed by atoms with Crippen molar-refractivity contribution in [1.82, 2.24) is 16.2 Å². The Hall–Kier alpha value is -2.08. The second-order valence-corrected chi connectivity index (χ2v) is 4.99. The van der Waals surface area contributed by atoms with E-state index >= 15 is 0 Å². The molecule has 6 nitrogen and oxygen atoms in total. The molecule has 1 aromatic rings. The van der Waals surface area contributed by atoms with Gasteiger partial charge >= 0.3 is 11.8 Å². The topological polar surface area (TPSA) is 87.3 Å². The first-order valence-electron chi connectivity index (χ1n) is 6.19. The minimum Gasteiger partial charge on any atom is -0.345 e. The minimum absolute atomic E-state index is 0.0850. The SMILES string of the molecule is O=C(Cc1ccc(Cl)cc1)NNC(=O)C(=O)NC1CC1. The zero-order valence-corrected chi connectivity index (χ0v) is 11.4. The van der Waals surface area contributed by atoms with Gasteiger partial charge in [0.05, 0.1) is 6.42 Å². The number of halogens is 1. The fourth-order valence-electron chi connectivity index (χ4n) is 1.49. The second-order valence-electron chi connectivity index (χ2n) is 4.55. The first kappa shape index (κ1) is 14.3. The van der Waals surface area contributed by atoms with E-state index in [0.29, 0.717) is 5.02 Å². The Labute approximate surface area is 120 Å². The Kier molecular flexibility index (Phi) is 4.57. The number of nitrogens with one attached hydrogen (secondary N) is 3. The summed E-state index contributed by atoms with van der Waals surface area (Å²) in [5, 5.41) is 3.10. The normalized spacial score (nSPS) is 13.4. The van der Waals surface area contributed by atoms with Gasteiger partial charge in [-0.1, -0.05) is 23.7 Å². The Morgan fingerprint density at radius 1 is 1.05 bits per heavy atom. The van der Waals surface area contributed by atoms with Crippen LogP contribution in [0.4, 0.5) is 0 Å². The molecule has 0 spiro atoms. The first-order valence-corrected chi connectivity index (χ1v) is 6.56. The monoisotopic (exact) mass is 295 g/mol. The van der Waals surface area contributed by atoms with Crippen molar-refractivity contribution >= 4 is 29.3 Å². The summed E-state index contributed by atoms with van der Waals surface area (Å²) < 4.78 is 0. The number of benzene rings is 1. The molecule has 7 heteroatoms. The molecule has 20 heavy (non-hydrogen) atoms. The fraction of sp³-hybridized carbons (Fsp3) is 0.308. The molecule has 0 saturated heterocycles. The van der Waals surface area contributed by atoms with Gasteiger partial charge in [0.2, 0.25) is 5.91 Å². The van der Waals surface area contributed by atoms with Crippen molar-refractivity contribution in [3.8, 4) is 0 Å². The van der Waals surface area contributed by atoms with E-state index in [9.17, 15) is 14.4 Å². The van der Waals surface area contributed by atoms with Crippen LogP contribution in [0.3, 0.4) is 0 Å². The van der Waals surface area contributed by atoms with Gasteiger partial charge in [-0.25, -0.2) is 0 Å². The lowest BCUT2D eigenvalue weighted by atomic mass is 10.1. The lowest BCUT2D eigenvalue weighted by molar-refractivity contribution is -0.140. The van der Waals surface area contributed by atoms with Gasteiger partial charge < -0.3 is 5.32 Å². The van der Waals surface area contributed by atoms with Crippen LogP contribution in [0.1, 0.15) is 18.4 Å². The number of carbonyl (C=O) groups is 3. The predicted octanol–water partition coefficient (Wildman–Crippen LogP) is 0.308. The van der Waals surface area contributed by atoms with Crippen LogP contribution in [-0.4, -0.2) is 23.8 Å². The number of amides is 3. The van der Waals surface area contributed by atoms with E-state index in [2.05, 4.69) is 16.2 Å². The van der Waals surface area contributed by atoms with Gasteiger partial charge in [-0.05, 0) is 30.5 Å². The molecule has 106 valence electrons. The van der Waals surface area contributed by atoms with E-state index in [1.807, 2.05) is 0 Å². The average Bonchev–Trinajstić information content (AvgIpc) is 3.22. The van der Waals surface area contributed by atoms with Crippen LogP contribution < -0.4 is 16.2 Å². The van der Waals surface area contributed by atoms with Crippen molar-refractivity contribution in [2.24, 2.45) is 0 Å². The van der Waals surface area contributed by atoms with Crippen molar-refractivity contribution in [3.63, 3.8) is 0 Å². The molecule has 1 fully saturated rings. The molecule has 0 radical (unpaired) electrons. The highest BCUT2D eigenvalue weighted by atomic mass is 35.5. The summed E-state index contributed by atoms with van der Waals surface area (Å²) in [6.07, 6.45) is 1.87. The highest BCUT2D eigenvalue weighted by Gasteiger charge is 2.26. The van der Waals surface area contributed by atoms with Crippen molar-refractivity contribution in [2.45, 2.75) is 25.3 Å². The van der Waals surface area contributed by atoms with E-state index in [-0.39, 0.29) is 12.5 Å². The van der Waals surface area contributed by atoms with Crippen molar-refractivity contribution in [2.75, 3.05) is 0 Å². The Morgan fingerprint density at radius 3 is 2.30 bits per heavy atom. The molecule has 0 aliphatic heterocycles. The minimum atomic E-state index is -0.874. The maximum Gasteiger partial charge on any atom is 0.327 e. The number of hydrogen-bond donors (Lipinski definition) is 3. The zero-order chi connectivity index (χ0) is 14.5. The highest BCUT2D eigenvalue weighted by molar-refractivity contribution is 6.35. The van der Waals surface area contributed by atoms with E-state index < -0.39 is 17.7 Å². The summed E-state index contributed by atoms with van der Waals surface area (Å²) in [7, 11) is 0. The number of carbonyl (C=O) groups excluding carboxylic acids is 3. The van der Waals surface area contributed by atoms with E-state index in [1.54, 1.807) is 24.3 Å². The standard InChI is InChI=1S/C13H14ClN3O3/c14-9-3-1-8(2-4-9)7-11(18)16-17-13(20)12(19)15-10-5-6-10/h1-4,10H,5-7H2,(H,15,19)(H,16,18)(H,17,20). The molecule has 1 saturated carbocycles. The van der Waals surface area contributed by atoms with Crippen LogP contribution in [0, 0.1) is 0 Å². The summed E-state index contributed by atoms with van der Waals surface area (Å²) in [6.45, 7) is 0. The van der Waals surface area contributed by atoms with Crippen LogP contribution in [0.5, 0.6) is 0 Å². The molecule has 1 aliphatic carbocycles. The number of hydrazine groups is 1. The molecule has 0 heterocycles. The van der Waals surface area contributed by atoms with Crippen LogP contribution in [0.25, 0.3) is 0 Å². The summed E-state index contributed by atoms with van der Waals surface area (Å²) >= 11 is 5.73. The maximum absolute atomic E-state index is 11.6. The number of rotatable bonds is 3. The summed E-state index contributed by atoms with van der Waals surface area (Å²) in [5.41, 5.74) is 5.01. The van der Waals surface area contributed by atoms with Crippen LogP contribution in [0.2, 0.25) is 5.02 Å². The van der Waals surface area contributed by atoms with Crippen LogP contribution in [-0.2, 0) is 20.8 Å². The van der Waals surface area contributed by atoms with Gasteiger partial charge in [-0.2, -0.15) is 0 Å². The van der Waals surface area contributed by atoms with Crippen LogP contribution in [0.15, 0.2) is 24.3 Å². The van der Waals surface area contributed by atoms with Crippen molar-refractivity contribution in [1.29, 1.82) is 0 Å². The second kappa shape index (κ2) is 6.38. The smallest absolute Gasteiger partial charge is 0.327 e. The largest absolute Gasteiger partial charge is 0.345 e. The number of hydrogen-bond acceptors (Lipinski definition) is 3. The van der Waals surface area contributed by atoms with Gasteiger partial charge in [0, 0.05) is 11.1 Å². The lowest BCUT2D eigenvalue weighted by Gasteiger charge is -2.07. The molecular weight excluding hydrogens is 282 g/mol. The molecule has 3 N–H and O–H groups in total. The molecule has 0 bridgehead atoms. The summed E-state index contributed by atoms with van der Waals surface area (Å²) in [4.78, 5) is 34.2. The molecule has 0 aromatic heterocycles. The first-order chi connectivity index (χ1) is 9.54. The molecule has 1 aliphatic rings. The van der Waals surface area contributed by atoms with Crippen LogP contribution >= 0.6 is 11.6 Å². The van der Waals surface area contributed by atoms with Gasteiger partial charge in [0.15, 0.2) is 0 Å². The Morgan fingerprint density at radius 2 is 1.70 bits per heavy atom. The van der Waals surface area contributed by atoms with Gasteiger partial charge in [0.1, 0.15) is 0 Å². The molecule has 3 amide bonds. The third kappa shape index (κ3) is 4.55. The van der Waals surface area contributed by atoms with Crippen molar-refractivity contribution in [3.05, 3.63) is 34.9 Å². The fourth-order valence-corrected chi connectivity index (χ4v) is 1.62. The third-order valence-electron chi connectivity index (χ3n) is 2.71. The summed E-state index contributed by atoms with van der Waals surface area (Å²) in [5.74, 6) is -2.03. The zero-order valence-electron chi connectivity index (χ0n) is 10.6. The quantitative estimate of drug-likeness (QED) is 0.554. The Balaban J connectivity index is 1.72. The van der Waals surface area contributed by atoms with Gasteiger partial charge in [-0.15, -0.1) is 0 Å². The predicted molar refractivity (Wildman–Crippen MR) is 72.6 cm³/mol. The molecular formula is C13H14ClN3O3. The molecule has 1 aromatic carbocycles. The van der Waals surface area contributed by atoms with Crippen molar-refractivity contribution < 1.29 is 14.4 Å². The van der Waals surface area contributed by atoms with E-state index in [1.165, 1.54) is 0 Å².